The van der Waals surface area contributed by atoms with E-state index in [9.17, 15) is 4.79 Å². The number of carbonyl (C=O) groups excluding carboxylic acids is 1. The molecule has 1 aromatic heterocycles. The van der Waals surface area contributed by atoms with Crippen LogP contribution in [0.25, 0.3) is 0 Å². The molecule has 90 valence electrons. The van der Waals surface area contributed by atoms with Gasteiger partial charge in [-0.15, -0.1) is 0 Å². The second-order valence-corrected chi connectivity index (χ2v) is 3.55. The molecule has 0 amide bonds. The molecule has 1 atom stereocenters. The number of carbonyl (C=O) groups is 1. The van der Waals surface area contributed by atoms with Gasteiger partial charge in [-0.3, -0.25) is 9.48 Å². The Balaban J connectivity index is 2.30. The average molecular weight is 227 g/mol. The van der Waals surface area contributed by atoms with Crippen LogP contribution in [0.15, 0.2) is 12.4 Å². The van der Waals surface area contributed by atoms with Crippen LogP contribution in [0.3, 0.4) is 0 Å². The molecule has 1 rings (SSSR count). The van der Waals surface area contributed by atoms with Gasteiger partial charge in [-0.25, -0.2) is 0 Å². The van der Waals surface area contributed by atoms with E-state index in [-0.39, 0.29) is 18.6 Å². The van der Waals surface area contributed by atoms with Crippen molar-refractivity contribution in [2.45, 2.75) is 26.0 Å². The van der Waals surface area contributed by atoms with E-state index in [0.29, 0.717) is 18.7 Å². The molecule has 6 nitrogen and oxygen atoms in total. The summed E-state index contributed by atoms with van der Waals surface area (Å²) in [6.45, 7) is 2.48. The van der Waals surface area contributed by atoms with Crippen molar-refractivity contribution in [2.24, 2.45) is 0 Å². The van der Waals surface area contributed by atoms with Crippen molar-refractivity contribution in [1.29, 1.82) is 0 Å². The van der Waals surface area contributed by atoms with Crippen LogP contribution < -0.4 is 5.73 Å². The summed E-state index contributed by atoms with van der Waals surface area (Å²) in [6, 6.07) is 0. The van der Waals surface area contributed by atoms with Crippen molar-refractivity contribution in [2.75, 3.05) is 19.5 Å². The monoisotopic (exact) mass is 227 g/mol. The fourth-order valence-electron chi connectivity index (χ4n) is 1.20. The number of nitrogens with two attached hydrogens (primary N) is 1. The van der Waals surface area contributed by atoms with Gasteiger partial charge in [-0.1, -0.05) is 0 Å². The number of methoxy groups -OCH3 is 1. The summed E-state index contributed by atoms with van der Waals surface area (Å²) < 4.78 is 11.5. The fourth-order valence-corrected chi connectivity index (χ4v) is 1.20. The van der Waals surface area contributed by atoms with E-state index in [4.69, 9.17) is 15.2 Å². The number of hydrogen-bond acceptors (Lipinski definition) is 5. The predicted octanol–water partition coefficient (Wildman–Crippen LogP) is 0.433. The van der Waals surface area contributed by atoms with Crippen molar-refractivity contribution in [3.63, 3.8) is 0 Å². The number of hydrogen-bond donors (Lipinski definition) is 1. The maximum atomic E-state index is 11.4. The standard InChI is InChI=1S/C10H17N3O3/c1-8(3-4-15-2)16-10(14)7-13-6-9(11)5-12-13/h5-6,8H,3-4,7,11H2,1-2H3. The molecular formula is C10H17N3O3. The summed E-state index contributed by atoms with van der Waals surface area (Å²) in [6.07, 6.45) is 3.60. The summed E-state index contributed by atoms with van der Waals surface area (Å²) in [4.78, 5) is 11.4. The molecule has 0 radical (unpaired) electrons. The Hall–Kier alpha value is -1.56. The van der Waals surface area contributed by atoms with Gasteiger partial charge in [0.25, 0.3) is 0 Å². The maximum absolute atomic E-state index is 11.4. The van der Waals surface area contributed by atoms with Crippen LogP contribution >= 0.6 is 0 Å². The molecule has 0 aromatic carbocycles. The van der Waals surface area contributed by atoms with Crippen LogP contribution in [0.4, 0.5) is 5.69 Å². The number of aromatic nitrogens is 2. The molecule has 0 fully saturated rings. The van der Waals surface area contributed by atoms with Crippen molar-refractivity contribution in [3.8, 4) is 0 Å². The average Bonchev–Trinajstić information content (AvgIpc) is 2.60. The Morgan fingerprint density at radius 3 is 3.00 bits per heavy atom. The third-order valence-corrected chi connectivity index (χ3v) is 2.01. The zero-order chi connectivity index (χ0) is 12.0. The van der Waals surface area contributed by atoms with Crippen molar-refractivity contribution in [1.82, 2.24) is 9.78 Å². The quantitative estimate of drug-likeness (QED) is 0.713. The molecule has 0 saturated carbocycles. The molecule has 0 saturated heterocycles. The van der Waals surface area contributed by atoms with Crippen molar-refractivity contribution in [3.05, 3.63) is 12.4 Å². The smallest absolute Gasteiger partial charge is 0.328 e. The van der Waals surface area contributed by atoms with E-state index in [0.717, 1.165) is 0 Å². The Bertz CT molecular complexity index is 338. The van der Waals surface area contributed by atoms with E-state index < -0.39 is 0 Å². The molecule has 0 aliphatic rings. The molecule has 1 aromatic rings. The van der Waals surface area contributed by atoms with Crippen LogP contribution in [0.5, 0.6) is 0 Å². The minimum Gasteiger partial charge on any atom is -0.461 e. The van der Waals surface area contributed by atoms with Crippen LogP contribution in [0, 0.1) is 0 Å². The lowest BCUT2D eigenvalue weighted by molar-refractivity contribution is -0.149. The van der Waals surface area contributed by atoms with Crippen LogP contribution in [0.2, 0.25) is 0 Å². The first kappa shape index (κ1) is 12.5. The van der Waals surface area contributed by atoms with Gasteiger partial charge < -0.3 is 15.2 Å². The Morgan fingerprint density at radius 1 is 1.69 bits per heavy atom. The molecule has 0 spiro atoms. The first-order valence-corrected chi connectivity index (χ1v) is 5.08. The molecule has 0 aliphatic heterocycles. The van der Waals surface area contributed by atoms with E-state index in [1.54, 1.807) is 13.3 Å². The molecule has 1 heterocycles. The Labute approximate surface area is 94.3 Å². The van der Waals surface area contributed by atoms with Gasteiger partial charge in [0.15, 0.2) is 0 Å². The molecule has 0 aliphatic carbocycles. The van der Waals surface area contributed by atoms with Gasteiger partial charge >= 0.3 is 5.97 Å². The number of rotatable bonds is 6. The highest BCUT2D eigenvalue weighted by molar-refractivity contribution is 5.69. The first-order chi connectivity index (χ1) is 7.61. The van der Waals surface area contributed by atoms with Gasteiger partial charge in [0, 0.05) is 26.3 Å². The second-order valence-electron chi connectivity index (χ2n) is 3.55. The highest BCUT2D eigenvalue weighted by Gasteiger charge is 2.10. The highest BCUT2D eigenvalue weighted by Crippen LogP contribution is 2.01. The van der Waals surface area contributed by atoms with Crippen LogP contribution in [-0.2, 0) is 20.8 Å². The summed E-state index contributed by atoms with van der Waals surface area (Å²) in [5.74, 6) is -0.327. The Morgan fingerprint density at radius 2 is 2.44 bits per heavy atom. The van der Waals surface area contributed by atoms with Crippen LogP contribution in [-0.4, -0.2) is 35.6 Å². The summed E-state index contributed by atoms with van der Waals surface area (Å²) >= 11 is 0. The van der Waals surface area contributed by atoms with E-state index in [1.165, 1.54) is 10.9 Å². The second kappa shape index (κ2) is 6.12. The maximum Gasteiger partial charge on any atom is 0.328 e. The topological polar surface area (TPSA) is 79.4 Å². The largest absolute Gasteiger partial charge is 0.461 e. The molecular weight excluding hydrogens is 210 g/mol. The zero-order valence-electron chi connectivity index (χ0n) is 9.55. The summed E-state index contributed by atoms with van der Waals surface area (Å²) in [7, 11) is 1.61. The molecule has 6 heteroatoms. The number of esters is 1. The minimum atomic E-state index is -0.327. The lowest BCUT2D eigenvalue weighted by Gasteiger charge is -2.12. The van der Waals surface area contributed by atoms with Gasteiger partial charge in [0.2, 0.25) is 0 Å². The normalized spacial score (nSPS) is 12.4. The lowest BCUT2D eigenvalue weighted by Crippen LogP contribution is -2.20. The fraction of sp³-hybridized carbons (Fsp3) is 0.600. The molecule has 2 N–H and O–H groups in total. The predicted molar refractivity (Wildman–Crippen MR) is 58.7 cm³/mol. The van der Waals surface area contributed by atoms with E-state index >= 15 is 0 Å². The highest BCUT2D eigenvalue weighted by atomic mass is 16.5. The van der Waals surface area contributed by atoms with Gasteiger partial charge in [0.1, 0.15) is 12.6 Å². The van der Waals surface area contributed by atoms with Crippen LogP contribution in [0.1, 0.15) is 13.3 Å². The summed E-state index contributed by atoms with van der Waals surface area (Å²) in [5.41, 5.74) is 6.00. The van der Waals surface area contributed by atoms with Gasteiger partial charge in [-0.05, 0) is 6.92 Å². The third-order valence-electron chi connectivity index (χ3n) is 2.01. The number of nitrogens with zero attached hydrogens (tertiary/aromatic N) is 2. The van der Waals surface area contributed by atoms with Gasteiger partial charge in [0.05, 0.1) is 11.9 Å². The molecule has 16 heavy (non-hydrogen) atoms. The zero-order valence-corrected chi connectivity index (χ0v) is 9.55. The van der Waals surface area contributed by atoms with Gasteiger partial charge in [-0.2, -0.15) is 5.10 Å². The third kappa shape index (κ3) is 4.31. The van der Waals surface area contributed by atoms with E-state index in [2.05, 4.69) is 5.10 Å². The SMILES string of the molecule is COCCC(C)OC(=O)Cn1cc(N)cn1. The number of nitrogen functional groups attached to an aromatic ring is 1. The lowest BCUT2D eigenvalue weighted by atomic mass is 10.3. The minimum absolute atomic E-state index is 0.0779. The van der Waals surface area contributed by atoms with Crippen molar-refractivity contribution < 1.29 is 14.3 Å². The molecule has 0 bridgehead atoms. The molecule has 1 unspecified atom stereocenters. The number of ether oxygens (including phenoxy) is 2. The number of anilines is 1. The van der Waals surface area contributed by atoms with E-state index in [1.807, 2.05) is 6.92 Å². The van der Waals surface area contributed by atoms with Crippen molar-refractivity contribution >= 4 is 11.7 Å². The Kier molecular flexibility index (Phi) is 4.78. The first-order valence-electron chi connectivity index (χ1n) is 5.08. The summed E-state index contributed by atoms with van der Waals surface area (Å²) in [5, 5.41) is 3.89.